The summed E-state index contributed by atoms with van der Waals surface area (Å²) in [5.74, 6) is -1.03. The molecule has 0 aliphatic heterocycles. The standard InChI is InChI=1S/C27H34N4O4/c1-17-10-9-13-21(20(17)4)24(25(33)30-23-18(2)11-8-12-19(23)3)31(15-14-28)22(32)16-29-26(34)35-27(5,6)7/h8-13,24H,15-16H2,1-7H3,(H,29,34)(H,30,33). The van der Waals surface area contributed by atoms with Gasteiger partial charge in [-0.2, -0.15) is 5.26 Å². The van der Waals surface area contributed by atoms with Crippen LogP contribution in [-0.4, -0.2) is 41.5 Å². The summed E-state index contributed by atoms with van der Waals surface area (Å²) >= 11 is 0. The van der Waals surface area contributed by atoms with Gasteiger partial charge in [0.2, 0.25) is 5.91 Å². The average molecular weight is 479 g/mol. The second-order valence-corrected chi connectivity index (χ2v) is 9.48. The molecule has 2 rings (SSSR count). The van der Waals surface area contributed by atoms with Crippen LogP contribution in [0.15, 0.2) is 36.4 Å². The first-order chi connectivity index (χ1) is 16.4. The number of hydrogen-bond acceptors (Lipinski definition) is 5. The monoisotopic (exact) mass is 478 g/mol. The van der Waals surface area contributed by atoms with E-state index in [1.807, 2.05) is 64.1 Å². The number of hydrogen-bond donors (Lipinski definition) is 2. The second-order valence-electron chi connectivity index (χ2n) is 9.48. The van der Waals surface area contributed by atoms with E-state index >= 15 is 0 Å². The fraction of sp³-hybridized carbons (Fsp3) is 0.407. The minimum absolute atomic E-state index is 0.340. The number of nitrogens with zero attached hydrogens (tertiary/aromatic N) is 2. The van der Waals surface area contributed by atoms with Gasteiger partial charge in [0.1, 0.15) is 24.7 Å². The minimum Gasteiger partial charge on any atom is -0.444 e. The molecule has 3 amide bonds. The van der Waals surface area contributed by atoms with Crippen molar-refractivity contribution in [1.29, 1.82) is 5.26 Å². The molecule has 1 unspecified atom stereocenters. The van der Waals surface area contributed by atoms with E-state index in [-0.39, 0.29) is 6.54 Å². The second kappa shape index (κ2) is 11.5. The van der Waals surface area contributed by atoms with Gasteiger partial charge in [0.25, 0.3) is 5.91 Å². The Kier molecular flexibility index (Phi) is 9.01. The van der Waals surface area contributed by atoms with Crippen LogP contribution in [0.3, 0.4) is 0 Å². The van der Waals surface area contributed by atoms with Gasteiger partial charge in [-0.05, 0) is 76.3 Å². The molecule has 8 nitrogen and oxygen atoms in total. The molecule has 0 aromatic heterocycles. The van der Waals surface area contributed by atoms with E-state index < -0.39 is 36.1 Å². The van der Waals surface area contributed by atoms with Crippen molar-refractivity contribution in [1.82, 2.24) is 10.2 Å². The number of nitriles is 1. The summed E-state index contributed by atoms with van der Waals surface area (Å²) < 4.78 is 5.20. The number of para-hydroxylation sites is 1. The van der Waals surface area contributed by atoms with Crippen LogP contribution in [0.1, 0.15) is 54.6 Å². The predicted octanol–water partition coefficient (Wildman–Crippen LogP) is 4.48. The van der Waals surface area contributed by atoms with Crippen molar-refractivity contribution in [2.75, 3.05) is 18.4 Å². The third-order valence-corrected chi connectivity index (χ3v) is 5.57. The highest BCUT2D eigenvalue weighted by atomic mass is 16.6. The van der Waals surface area contributed by atoms with Crippen molar-refractivity contribution in [3.8, 4) is 6.07 Å². The molecule has 0 saturated heterocycles. The molecule has 0 spiro atoms. The lowest BCUT2D eigenvalue weighted by Crippen LogP contribution is -2.47. The maximum atomic E-state index is 13.7. The van der Waals surface area contributed by atoms with Gasteiger partial charge in [-0.25, -0.2) is 4.79 Å². The number of rotatable bonds is 7. The summed E-state index contributed by atoms with van der Waals surface area (Å²) in [5.41, 5.74) is 4.07. The van der Waals surface area contributed by atoms with Crippen LogP contribution in [0, 0.1) is 39.0 Å². The Hall–Kier alpha value is -3.86. The van der Waals surface area contributed by atoms with Crippen LogP contribution in [0.25, 0.3) is 0 Å². The lowest BCUT2D eigenvalue weighted by Gasteiger charge is -2.31. The number of carbonyl (C=O) groups excluding carboxylic acids is 3. The van der Waals surface area contributed by atoms with Crippen LogP contribution in [0.5, 0.6) is 0 Å². The van der Waals surface area contributed by atoms with Gasteiger partial charge in [0.05, 0.1) is 6.07 Å². The Bertz CT molecular complexity index is 1120. The van der Waals surface area contributed by atoms with Gasteiger partial charge in [-0.3, -0.25) is 9.59 Å². The Morgan fingerprint density at radius 1 is 1.00 bits per heavy atom. The molecule has 2 aromatic rings. The molecule has 0 aliphatic rings. The maximum Gasteiger partial charge on any atom is 0.408 e. The van der Waals surface area contributed by atoms with Crippen LogP contribution in [-0.2, 0) is 14.3 Å². The zero-order valence-electron chi connectivity index (χ0n) is 21.5. The lowest BCUT2D eigenvalue weighted by atomic mass is 9.95. The first-order valence-electron chi connectivity index (χ1n) is 11.4. The molecule has 1 atom stereocenters. The summed E-state index contributed by atoms with van der Waals surface area (Å²) in [6, 6.07) is 12.1. The third kappa shape index (κ3) is 7.31. The highest BCUT2D eigenvalue weighted by Crippen LogP contribution is 2.29. The van der Waals surface area contributed by atoms with Gasteiger partial charge >= 0.3 is 6.09 Å². The van der Waals surface area contributed by atoms with E-state index in [4.69, 9.17) is 4.74 Å². The Labute approximate surface area is 207 Å². The number of carbonyl (C=O) groups is 3. The molecule has 0 aliphatic carbocycles. The van der Waals surface area contributed by atoms with Crippen molar-refractivity contribution in [2.45, 2.75) is 60.1 Å². The molecule has 0 fully saturated rings. The van der Waals surface area contributed by atoms with Gasteiger partial charge in [-0.1, -0.05) is 36.4 Å². The number of benzene rings is 2. The van der Waals surface area contributed by atoms with Crippen molar-refractivity contribution in [3.05, 3.63) is 64.2 Å². The largest absolute Gasteiger partial charge is 0.444 e. The smallest absolute Gasteiger partial charge is 0.408 e. The molecule has 0 heterocycles. The summed E-state index contributed by atoms with van der Waals surface area (Å²) in [6.45, 7) is 11.9. The molecule has 0 saturated carbocycles. The number of anilines is 1. The molecule has 2 N–H and O–H groups in total. The molecule has 35 heavy (non-hydrogen) atoms. The SMILES string of the molecule is Cc1cccc(C(C(=O)Nc2c(C)cccc2C)N(CC#N)C(=O)CNC(=O)OC(C)(C)C)c1C. The highest BCUT2D eigenvalue weighted by molar-refractivity contribution is 5.99. The first-order valence-corrected chi connectivity index (χ1v) is 11.4. The van der Waals surface area contributed by atoms with Gasteiger partial charge < -0.3 is 20.3 Å². The summed E-state index contributed by atoms with van der Waals surface area (Å²) in [6.07, 6.45) is -0.758. The van der Waals surface area contributed by atoms with Crippen molar-refractivity contribution in [2.24, 2.45) is 0 Å². The van der Waals surface area contributed by atoms with E-state index in [2.05, 4.69) is 10.6 Å². The number of ether oxygens (including phenoxy) is 1. The number of amides is 3. The summed E-state index contributed by atoms with van der Waals surface area (Å²) in [7, 11) is 0. The first kappa shape index (κ1) is 27.4. The Balaban J connectivity index is 2.45. The summed E-state index contributed by atoms with van der Waals surface area (Å²) in [4.78, 5) is 40.2. The summed E-state index contributed by atoms with van der Waals surface area (Å²) in [5, 5.41) is 14.9. The van der Waals surface area contributed by atoms with E-state index in [1.165, 1.54) is 4.90 Å². The Morgan fingerprint density at radius 2 is 1.57 bits per heavy atom. The molecular formula is C27H34N4O4. The predicted molar refractivity (Wildman–Crippen MR) is 135 cm³/mol. The quantitative estimate of drug-likeness (QED) is 0.570. The van der Waals surface area contributed by atoms with Gasteiger partial charge in [0.15, 0.2) is 0 Å². The van der Waals surface area contributed by atoms with Gasteiger partial charge in [0, 0.05) is 5.69 Å². The fourth-order valence-electron chi connectivity index (χ4n) is 3.69. The molecular weight excluding hydrogens is 444 g/mol. The lowest BCUT2D eigenvalue weighted by molar-refractivity contribution is -0.137. The van der Waals surface area contributed by atoms with Crippen molar-refractivity contribution < 1.29 is 19.1 Å². The van der Waals surface area contributed by atoms with E-state index in [0.717, 1.165) is 22.3 Å². The average Bonchev–Trinajstić information content (AvgIpc) is 2.76. The normalized spacial score (nSPS) is 11.7. The zero-order chi connectivity index (χ0) is 26.3. The van der Waals surface area contributed by atoms with Crippen LogP contribution in [0.2, 0.25) is 0 Å². The third-order valence-electron chi connectivity index (χ3n) is 5.57. The number of alkyl carbamates (subject to hydrolysis) is 1. The van der Waals surface area contributed by atoms with Gasteiger partial charge in [-0.15, -0.1) is 0 Å². The fourth-order valence-corrected chi connectivity index (χ4v) is 3.69. The van der Waals surface area contributed by atoms with E-state index in [0.29, 0.717) is 11.3 Å². The van der Waals surface area contributed by atoms with Crippen molar-refractivity contribution >= 4 is 23.6 Å². The van der Waals surface area contributed by atoms with Crippen LogP contribution < -0.4 is 10.6 Å². The Morgan fingerprint density at radius 3 is 2.14 bits per heavy atom. The topological polar surface area (TPSA) is 112 Å². The maximum absolute atomic E-state index is 13.7. The van der Waals surface area contributed by atoms with Crippen molar-refractivity contribution in [3.63, 3.8) is 0 Å². The highest BCUT2D eigenvalue weighted by Gasteiger charge is 2.33. The zero-order valence-corrected chi connectivity index (χ0v) is 21.5. The van der Waals surface area contributed by atoms with Crippen LogP contribution in [0.4, 0.5) is 10.5 Å². The molecule has 0 bridgehead atoms. The molecule has 2 aromatic carbocycles. The van der Waals surface area contributed by atoms with E-state index in [9.17, 15) is 19.6 Å². The minimum atomic E-state index is -1.08. The molecule has 0 radical (unpaired) electrons. The molecule has 8 heteroatoms. The van der Waals surface area contributed by atoms with E-state index in [1.54, 1.807) is 26.8 Å². The number of nitrogens with one attached hydrogen (secondary N) is 2. The molecule has 186 valence electrons. The number of aryl methyl sites for hydroxylation is 3. The van der Waals surface area contributed by atoms with Crippen LogP contribution >= 0.6 is 0 Å².